The quantitative estimate of drug-likeness (QED) is 0.280. The molecule has 262 valence electrons. The van der Waals surface area contributed by atoms with E-state index in [-0.39, 0.29) is 24.0 Å². The van der Waals surface area contributed by atoms with E-state index in [1.165, 1.54) is 5.56 Å². The third kappa shape index (κ3) is 6.26. The Kier molecular flexibility index (Phi) is 9.12. The number of carboxylic acids is 1. The summed E-state index contributed by atoms with van der Waals surface area (Å²) in [6.45, 7) is 15.4. The highest BCUT2D eigenvalue weighted by atomic mass is 16.4. The largest absolute Gasteiger partial charge is 0.550 e. The van der Waals surface area contributed by atoms with Gasteiger partial charge in [-0.05, 0) is 104 Å². The molecule has 7 rings (SSSR count). The summed E-state index contributed by atoms with van der Waals surface area (Å²) in [5, 5.41) is 26.6. The predicted octanol–water partition coefficient (Wildman–Crippen LogP) is 7.30. The highest BCUT2D eigenvalue weighted by molar-refractivity contribution is 6.21. The summed E-state index contributed by atoms with van der Waals surface area (Å²) >= 11 is 0. The van der Waals surface area contributed by atoms with Crippen molar-refractivity contribution in [2.75, 3.05) is 6.61 Å². The Morgan fingerprint density at radius 1 is 0.980 bits per heavy atom. The number of fused-ring (bicyclic) bond motifs is 5. The van der Waals surface area contributed by atoms with E-state index in [4.69, 9.17) is 19.4 Å². The summed E-state index contributed by atoms with van der Waals surface area (Å²) in [7, 11) is 0. The summed E-state index contributed by atoms with van der Waals surface area (Å²) in [6.07, 6.45) is 8.40. The van der Waals surface area contributed by atoms with E-state index in [9.17, 15) is 15.0 Å². The van der Waals surface area contributed by atoms with Gasteiger partial charge in [-0.3, -0.25) is 4.42 Å². The molecule has 0 amide bonds. The van der Waals surface area contributed by atoms with Gasteiger partial charge in [0.05, 0.1) is 40.6 Å². The van der Waals surface area contributed by atoms with Gasteiger partial charge >= 0.3 is 5.43 Å². The molecule has 1 fully saturated rings. The van der Waals surface area contributed by atoms with Crippen LogP contribution in [0.1, 0.15) is 92.1 Å². The lowest BCUT2D eigenvalue weighted by Crippen LogP contribution is -2.24. The molecule has 8 bridgehead atoms. The van der Waals surface area contributed by atoms with Crippen LogP contribution in [-0.4, -0.2) is 34.8 Å². The normalized spacial score (nSPS) is 22.9. The number of nitrogens with one attached hydrogen (secondary N) is 1. The average Bonchev–Trinajstić information content (AvgIpc) is 3.78. The molecule has 1 aliphatic carbocycles. The van der Waals surface area contributed by atoms with Crippen molar-refractivity contribution in [1.82, 2.24) is 5.32 Å². The van der Waals surface area contributed by atoms with Crippen molar-refractivity contribution < 1.29 is 15.0 Å². The van der Waals surface area contributed by atoms with Gasteiger partial charge in [0.25, 0.3) is 6.61 Å². The van der Waals surface area contributed by atoms with E-state index in [2.05, 4.69) is 71.1 Å². The van der Waals surface area contributed by atoms with Crippen LogP contribution < -0.4 is 15.9 Å². The van der Waals surface area contributed by atoms with Crippen LogP contribution in [0.5, 0.6) is 0 Å². The molecule has 5 heterocycles. The molecule has 1 aromatic carbocycles. The van der Waals surface area contributed by atoms with Crippen molar-refractivity contribution in [2.45, 2.75) is 86.5 Å². The van der Waals surface area contributed by atoms with Crippen molar-refractivity contribution in [2.24, 2.45) is 26.8 Å². The van der Waals surface area contributed by atoms with Crippen LogP contribution in [-0.2, 0) is 4.79 Å². The lowest BCUT2D eigenvalue weighted by molar-refractivity contribution is -0.306. The molecule has 2 N–H and O–H groups in total. The topological polar surface area (TPSA) is 121 Å². The molecule has 8 nitrogen and oxygen atoms in total. The van der Waals surface area contributed by atoms with Gasteiger partial charge < -0.3 is 20.3 Å². The molecule has 8 heteroatoms. The molecule has 0 aromatic heterocycles. The third-order valence-corrected chi connectivity index (χ3v) is 11.1. The van der Waals surface area contributed by atoms with E-state index < -0.39 is 5.97 Å². The number of rotatable bonds is 8. The SMILES string of the molecule is CCC1=C(C)C2=NC1=CC1=C(C)C3=C(O)CC(=C4NC(=CC5=NC(=C2)C(CC[O+]=c2cccc(C(C)C)cc2)=C5C)[C@@H](C)[C@@H]4CCC(=O)[O-])C3=N1. The van der Waals surface area contributed by atoms with Gasteiger partial charge in [0.1, 0.15) is 5.76 Å². The zero-order chi connectivity index (χ0) is 36.1. The van der Waals surface area contributed by atoms with Gasteiger partial charge in [-0.2, -0.15) is 0 Å². The van der Waals surface area contributed by atoms with Crippen LogP contribution in [0.25, 0.3) is 0 Å². The second kappa shape index (κ2) is 13.5. The minimum Gasteiger partial charge on any atom is -0.550 e. The van der Waals surface area contributed by atoms with Crippen LogP contribution in [0, 0.1) is 11.8 Å². The Bertz CT molecular complexity index is 2190. The fourth-order valence-corrected chi connectivity index (χ4v) is 8.04. The van der Waals surface area contributed by atoms with Crippen LogP contribution in [0.15, 0.2) is 141 Å². The van der Waals surface area contributed by atoms with E-state index in [0.29, 0.717) is 31.8 Å². The standard InChI is InChI=1S/C43H46N4O4/c1-8-29-23(4)34-20-38-30(16-17-51-28-11-9-10-27(12-13-28)22(2)3)24(5)33(45-38)19-35-25(6)31(14-15-40(49)50)42(46-35)32-18-39(48)41-26(7)36(47-43(32)41)21-37(29)44-34/h9-13,19-22,25,31H,8,14-18H2,1-7H3,(H2-,44,45,46,47,48,49,50)/t25-,31-/m0/s1. The molecule has 6 aliphatic rings. The van der Waals surface area contributed by atoms with Gasteiger partial charge in [-0.25, -0.2) is 15.0 Å². The number of nitrogens with zero attached hydrogens (tertiary/aromatic N) is 3. The van der Waals surface area contributed by atoms with E-state index >= 15 is 0 Å². The van der Waals surface area contributed by atoms with Crippen LogP contribution in [0.2, 0.25) is 0 Å². The third-order valence-electron chi connectivity index (χ3n) is 11.1. The summed E-state index contributed by atoms with van der Waals surface area (Å²) in [4.78, 5) is 27.1. The molecule has 2 atom stereocenters. The molecular formula is C43H46N4O4. The molecular weight excluding hydrogens is 636 g/mol. The second-order valence-electron chi connectivity index (χ2n) is 14.5. The highest BCUT2D eigenvalue weighted by Gasteiger charge is 2.41. The Morgan fingerprint density at radius 2 is 1.71 bits per heavy atom. The maximum absolute atomic E-state index is 11.7. The fraction of sp³-hybridized carbons (Fsp3) is 0.372. The lowest BCUT2D eigenvalue weighted by Gasteiger charge is -2.18. The monoisotopic (exact) mass is 682 g/mol. The molecule has 0 spiro atoms. The van der Waals surface area contributed by atoms with Gasteiger partial charge in [0.2, 0.25) is 0 Å². The summed E-state index contributed by atoms with van der Waals surface area (Å²) in [5.74, 6) is -0.488. The Balaban J connectivity index is 1.36. The molecule has 0 radical (unpaired) electrons. The molecule has 5 aliphatic heterocycles. The van der Waals surface area contributed by atoms with Crippen LogP contribution in [0.3, 0.4) is 0 Å². The van der Waals surface area contributed by atoms with Crippen LogP contribution >= 0.6 is 0 Å². The number of carboxylic acid groups (broad SMARTS) is 1. The van der Waals surface area contributed by atoms with Crippen molar-refractivity contribution >= 4 is 23.1 Å². The van der Waals surface area contributed by atoms with Gasteiger partial charge in [-0.15, -0.1) is 0 Å². The van der Waals surface area contributed by atoms with Crippen molar-refractivity contribution in [3.05, 3.63) is 137 Å². The Labute approximate surface area is 299 Å². The van der Waals surface area contributed by atoms with Gasteiger partial charge in [-0.1, -0.05) is 39.8 Å². The molecule has 0 unspecified atom stereocenters. The van der Waals surface area contributed by atoms with E-state index in [1.807, 2.05) is 31.2 Å². The first-order valence-corrected chi connectivity index (χ1v) is 18.2. The Hall–Kier alpha value is -5.11. The molecule has 51 heavy (non-hydrogen) atoms. The number of aliphatic imine (C=N–C) groups is 3. The summed E-state index contributed by atoms with van der Waals surface area (Å²) in [6, 6.07) is 10.3. The summed E-state index contributed by atoms with van der Waals surface area (Å²) in [5.41, 5.74) is 16.0. The lowest BCUT2D eigenvalue weighted by atomic mass is 9.86. The number of hydrogen-bond acceptors (Lipinski definition) is 7. The van der Waals surface area contributed by atoms with E-state index in [1.54, 1.807) is 0 Å². The van der Waals surface area contributed by atoms with Crippen molar-refractivity contribution in [3.63, 3.8) is 0 Å². The van der Waals surface area contributed by atoms with Crippen molar-refractivity contribution in [1.29, 1.82) is 0 Å². The molecule has 1 saturated heterocycles. The smallest absolute Gasteiger partial charge is 0.343 e. The number of allylic oxidation sites excluding steroid dienone is 12. The number of carbonyl (C=O) groups is 1. The van der Waals surface area contributed by atoms with Crippen LogP contribution in [0.4, 0.5) is 0 Å². The number of aliphatic hydroxyl groups is 1. The van der Waals surface area contributed by atoms with Gasteiger partial charge in [0, 0.05) is 58.9 Å². The molecule has 1 aromatic rings. The minimum absolute atomic E-state index is 0.0195. The van der Waals surface area contributed by atoms with E-state index in [0.717, 1.165) is 96.5 Å². The van der Waals surface area contributed by atoms with Gasteiger partial charge in [0.15, 0.2) is 0 Å². The summed E-state index contributed by atoms with van der Waals surface area (Å²) < 4.78 is 6.30. The minimum atomic E-state index is -1.07. The number of aliphatic carboxylic acids is 1. The predicted molar refractivity (Wildman–Crippen MR) is 203 cm³/mol. The first kappa shape index (κ1) is 34.3. The first-order chi connectivity index (χ1) is 24.4. The fourth-order valence-electron chi connectivity index (χ4n) is 8.04. The first-order valence-electron chi connectivity index (χ1n) is 18.2. The second-order valence-corrected chi connectivity index (χ2v) is 14.5. The highest BCUT2D eigenvalue weighted by Crippen LogP contribution is 2.46. The average molecular weight is 683 g/mol. The number of aliphatic hydroxyl groups excluding tert-OH is 1. The van der Waals surface area contributed by atoms with Crippen molar-refractivity contribution in [3.8, 4) is 0 Å². The zero-order valence-corrected chi connectivity index (χ0v) is 30.6. The molecule has 0 saturated carbocycles. The maximum atomic E-state index is 11.7. The zero-order valence-electron chi connectivity index (χ0n) is 30.6. The number of carbonyl (C=O) groups excluding carboxylic acids is 1. The maximum Gasteiger partial charge on any atom is 0.343 e. The number of hydrogen-bond donors (Lipinski definition) is 2. The Morgan fingerprint density at radius 3 is 2.43 bits per heavy atom.